The van der Waals surface area contributed by atoms with Crippen molar-refractivity contribution in [3.05, 3.63) is 21.3 Å². The fourth-order valence-electron chi connectivity index (χ4n) is 0.981. The van der Waals surface area contributed by atoms with Crippen molar-refractivity contribution in [3.63, 3.8) is 0 Å². The molecule has 2 nitrogen and oxygen atoms in total. The molecule has 0 spiro atoms. The van der Waals surface area contributed by atoms with Crippen molar-refractivity contribution in [1.82, 2.24) is 9.97 Å². The quantitative estimate of drug-likeness (QED) is 0.681. The Balaban J connectivity index is 3.23. The van der Waals surface area contributed by atoms with Crippen molar-refractivity contribution < 1.29 is 0 Å². The van der Waals surface area contributed by atoms with Gasteiger partial charge < -0.3 is 0 Å². The van der Waals surface area contributed by atoms with Crippen LogP contribution < -0.4 is 0 Å². The molecule has 0 saturated heterocycles. The minimum atomic E-state index is 0.115. The molecule has 0 unspecified atom stereocenters. The maximum Gasteiger partial charge on any atom is 0.125 e. The van der Waals surface area contributed by atoms with Gasteiger partial charge in [-0.25, -0.2) is 9.97 Å². The summed E-state index contributed by atoms with van der Waals surface area (Å²) in [7, 11) is 0. The second-order valence-electron chi connectivity index (χ2n) is 3.86. The third-order valence-corrected chi connectivity index (χ3v) is 2.36. The van der Waals surface area contributed by atoms with Gasteiger partial charge in [-0.05, 0) is 29.5 Å². The smallest absolute Gasteiger partial charge is 0.125 e. The van der Waals surface area contributed by atoms with Crippen LogP contribution in [0, 0.1) is 10.5 Å². The van der Waals surface area contributed by atoms with Crippen molar-refractivity contribution in [2.45, 2.75) is 33.1 Å². The van der Waals surface area contributed by atoms with Crippen molar-refractivity contribution in [3.8, 4) is 0 Å². The van der Waals surface area contributed by atoms with Gasteiger partial charge in [0.1, 0.15) is 5.82 Å². The zero-order chi connectivity index (χ0) is 9.35. The molecule has 0 aliphatic rings. The SMILES string of the molecule is Cc1ncc(I)c(C(C)(C)C)n1. The molecule has 0 atom stereocenters. The Hall–Kier alpha value is -0.190. The first-order valence-electron chi connectivity index (χ1n) is 3.91. The maximum atomic E-state index is 4.43. The molecule has 0 aliphatic carbocycles. The van der Waals surface area contributed by atoms with Gasteiger partial charge in [0.25, 0.3) is 0 Å². The van der Waals surface area contributed by atoms with E-state index in [0.717, 1.165) is 15.1 Å². The molecular formula is C9H13IN2. The molecule has 0 saturated carbocycles. The topological polar surface area (TPSA) is 25.8 Å². The van der Waals surface area contributed by atoms with E-state index in [4.69, 9.17) is 0 Å². The van der Waals surface area contributed by atoms with E-state index in [1.807, 2.05) is 13.1 Å². The highest BCUT2D eigenvalue weighted by Crippen LogP contribution is 2.24. The van der Waals surface area contributed by atoms with Crippen LogP contribution in [0.5, 0.6) is 0 Å². The number of hydrogen-bond acceptors (Lipinski definition) is 2. The summed E-state index contributed by atoms with van der Waals surface area (Å²) in [5.74, 6) is 0.848. The molecule has 66 valence electrons. The first-order valence-corrected chi connectivity index (χ1v) is 4.99. The lowest BCUT2D eigenvalue weighted by Crippen LogP contribution is -2.16. The largest absolute Gasteiger partial charge is 0.241 e. The average molecular weight is 276 g/mol. The molecule has 0 aliphatic heterocycles. The predicted octanol–water partition coefficient (Wildman–Crippen LogP) is 2.69. The summed E-state index contributed by atoms with van der Waals surface area (Å²) in [6.07, 6.45) is 1.88. The summed E-state index contributed by atoms with van der Waals surface area (Å²) in [4.78, 5) is 8.56. The molecule has 0 radical (unpaired) electrons. The zero-order valence-electron chi connectivity index (χ0n) is 7.85. The second-order valence-corrected chi connectivity index (χ2v) is 5.03. The Kier molecular flexibility index (Phi) is 2.70. The summed E-state index contributed by atoms with van der Waals surface area (Å²) < 4.78 is 1.14. The van der Waals surface area contributed by atoms with Crippen LogP contribution in [0.2, 0.25) is 0 Å². The van der Waals surface area contributed by atoms with E-state index in [-0.39, 0.29) is 5.41 Å². The highest BCUT2D eigenvalue weighted by molar-refractivity contribution is 14.1. The maximum absolute atomic E-state index is 4.43. The van der Waals surface area contributed by atoms with E-state index in [1.165, 1.54) is 0 Å². The first kappa shape index (κ1) is 9.89. The molecule has 0 N–H and O–H groups in total. The van der Waals surface area contributed by atoms with Gasteiger partial charge in [0, 0.05) is 11.6 Å². The lowest BCUT2D eigenvalue weighted by Gasteiger charge is -2.19. The minimum Gasteiger partial charge on any atom is -0.241 e. The van der Waals surface area contributed by atoms with Gasteiger partial charge in [-0.2, -0.15) is 0 Å². The van der Waals surface area contributed by atoms with Crippen LogP contribution in [-0.2, 0) is 5.41 Å². The average Bonchev–Trinajstić information content (AvgIpc) is 1.92. The van der Waals surface area contributed by atoms with Gasteiger partial charge in [0.2, 0.25) is 0 Å². The van der Waals surface area contributed by atoms with E-state index < -0.39 is 0 Å². The van der Waals surface area contributed by atoms with E-state index in [2.05, 4.69) is 53.3 Å². The lowest BCUT2D eigenvalue weighted by atomic mass is 9.92. The van der Waals surface area contributed by atoms with Gasteiger partial charge in [0.05, 0.1) is 9.26 Å². The van der Waals surface area contributed by atoms with Crippen LogP contribution in [0.25, 0.3) is 0 Å². The molecular weight excluding hydrogens is 263 g/mol. The van der Waals surface area contributed by atoms with Gasteiger partial charge >= 0.3 is 0 Å². The molecule has 0 fully saturated rings. The Labute approximate surface area is 87.0 Å². The summed E-state index contributed by atoms with van der Waals surface area (Å²) in [5.41, 5.74) is 1.25. The molecule has 1 aromatic heterocycles. The molecule has 1 rings (SSSR count). The highest BCUT2D eigenvalue weighted by Gasteiger charge is 2.18. The fraction of sp³-hybridized carbons (Fsp3) is 0.556. The van der Waals surface area contributed by atoms with Crippen molar-refractivity contribution >= 4 is 22.6 Å². The summed E-state index contributed by atoms with van der Waals surface area (Å²) in [6.45, 7) is 8.41. The van der Waals surface area contributed by atoms with Crippen LogP contribution >= 0.6 is 22.6 Å². The van der Waals surface area contributed by atoms with E-state index in [1.54, 1.807) is 0 Å². The zero-order valence-corrected chi connectivity index (χ0v) is 10.0. The number of aryl methyl sites for hydroxylation is 1. The molecule has 1 heterocycles. The standard InChI is InChI=1S/C9H13IN2/c1-6-11-5-7(10)8(12-6)9(2,3)4/h5H,1-4H3. The van der Waals surface area contributed by atoms with Gasteiger partial charge in [0.15, 0.2) is 0 Å². The minimum absolute atomic E-state index is 0.115. The van der Waals surface area contributed by atoms with Crippen molar-refractivity contribution in [2.75, 3.05) is 0 Å². The van der Waals surface area contributed by atoms with E-state index in [9.17, 15) is 0 Å². The fourth-order valence-corrected chi connectivity index (χ4v) is 2.05. The summed E-state index contributed by atoms with van der Waals surface area (Å²) >= 11 is 2.28. The van der Waals surface area contributed by atoms with Gasteiger partial charge in [-0.1, -0.05) is 20.8 Å². The summed E-state index contributed by atoms with van der Waals surface area (Å²) in [6, 6.07) is 0. The highest BCUT2D eigenvalue weighted by atomic mass is 127. The van der Waals surface area contributed by atoms with Crippen molar-refractivity contribution in [1.29, 1.82) is 0 Å². The molecule has 0 bridgehead atoms. The number of aromatic nitrogens is 2. The number of rotatable bonds is 0. The molecule has 1 aromatic rings. The van der Waals surface area contributed by atoms with Crippen LogP contribution in [0.3, 0.4) is 0 Å². The monoisotopic (exact) mass is 276 g/mol. The second kappa shape index (κ2) is 3.28. The van der Waals surface area contributed by atoms with Crippen LogP contribution in [0.1, 0.15) is 32.3 Å². The third kappa shape index (κ3) is 2.15. The lowest BCUT2D eigenvalue weighted by molar-refractivity contribution is 0.560. The molecule has 3 heteroatoms. The number of hydrogen-bond donors (Lipinski definition) is 0. The Bertz CT molecular complexity index is 289. The van der Waals surface area contributed by atoms with E-state index in [0.29, 0.717) is 0 Å². The Morgan fingerprint density at radius 3 is 2.33 bits per heavy atom. The van der Waals surface area contributed by atoms with E-state index >= 15 is 0 Å². The van der Waals surface area contributed by atoms with Gasteiger partial charge in [-0.3, -0.25) is 0 Å². The number of halogens is 1. The van der Waals surface area contributed by atoms with Crippen LogP contribution in [0.4, 0.5) is 0 Å². The van der Waals surface area contributed by atoms with Gasteiger partial charge in [-0.15, -0.1) is 0 Å². The molecule has 12 heavy (non-hydrogen) atoms. The molecule has 0 aromatic carbocycles. The van der Waals surface area contributed by atoms with Crippen LogP contribution in [0.15, 0.2) is 6.20 Å². The third-order valence-electron chi connectivity index (χ3n) is 1.57. The normalized spacial score (nSPS) is 11.8. The summed E-state index contributed by atoms with van der Waals surface area (Å²) in [5, 5.41) is 0. The Morgan fingerprint density at radius 2 is 1.92 bits per heavy atom. The Morgan fingerprint density at radius 1 is 1.33 bits per heavy atom. The van der Waals surface area contributed by atoms with Crippen LogP contribution in [-0.4, -0.2) is 9.97 Å². The molecule has 0 amide bonds. The first-order chi connectivity index (χ1) is 5.41. The van der Waals surface area contributed by atoms with Crippen molar-refractivity contribution in [2.24, 2.45) is 0 Å². The number of nitrogens with zero attached hydrogens (tertiary/aromatic N) is 2. The predicted molar refractivity (Wildman–Crippen MR) is 58.2 cm³/mol.